The molecule has 0 bridgehead atoms. The van der Waals surface area contributed by atoms with Crippen LogP contribution >= 0.6 is 11.3 Å². The monoisotopic (exact) mass is 1480 g/mol. The Morgan fingerprint density at radius 2 is 0.575 bits per heavy atom. The van der Waals surface area contributed by atoms with Crippen LogP contribution in [0.3, 0.4) is 0 Å². The molecule has 22 rings (SSSR count). The lowest BCUT2D eigenvalue weighted by Crippen LogP contribution is -2.74. The number of para-hydroxylation sites is 1. The average Bonchev–Trinajstić information content (AvgIpc) is 1.60. The summed E-state index contributed by atoms with van der Waals surface area (Å²) in [6, 6.07) is 142. The molecule has 22 aromatic rings. The van der Waals surface area contributed by atoms with Gasteiger partial charge in [-0.25, -0.2) is 9.97 Å². The molecule has 0 spiro atoms. The third-order valence-corrected chi connectivity index (χ3v) is 27.8. The van der Waals surface area contributed by atoms with Crippen LogP contribution in [0.1, 0.15) is 0 Å². The number of furan rings is 1. The SMILES string of the molecule is c1ccc(-c2cccc(-c3nc(-c4ccccc4)nc(-n4c5ccc(-c6ccccc6)cc5c5cc6sc7ccccc7c6cc54)n3)c2)cc1.c1ccc(-c2cccc(-c3nc(-c4ccccc4)nc(-n4c5ccc([Si](c6ccccc6)(c6ccccc6)c6ccccc6)cc5c5cc6oc7ccccc7c6cc54)n3)c2)cc1. The van der Waals surface area contributed by atoms with Crippen LogP contribution in [-0.2, 0) is 0 Å². The summed E-state index contributed by atoms with van der Waals surface area (Å²) in [5.41, 5.74) is 16.3. The molecule has 0 aliphatic heterocycles. The minimum atomic E-state index is -2.87. The highest BCUT2D eigenvalue weighted by Gasteiger charge is 2.42. The Bertz CT molecular complexity index is 7250. The van der Waals surface area contributed by atoms with Crippen molar-refractivity contribution in [2.75, 3.05) is 0 Å². The Morgan fingerprint density at radius 1 is 0.204 bits per heavy atom. The molecule has 0 atom stereocenters. The van der Waals surface area contributed by atoms with E-state index in [4.69, 9.17) is 34.3 Å². The van der Waals surface area contributed by atoms with Crippen molar-refractivity contribution in [1.82, 2.24) is 39.0 Å². The van der Waals surface area contributed by atoms with E-state index in [1.807, 2.05) is 72.0 Å². The first-order valence-electron chi connectivity index (χ1n) is 38.0. The second kappa shape index (κ2) is 28.1. The molecule has 16 aromatic carbocycles. The van der Waals surface area contributed by atoms with Gasteiger partial charge in [-0.15, -0.1) is 11.3 Å². The smallest absolute Gasteiger partial charge is 0.238 e. The van der Waals surface area contributed by atoms with Gasteiger partial charge in [0.25, 0.3) is 0 Å². The lowest BCUT2D eigenvalue weighted by atomic mass is 10.0. The first-order chi connectivity index (χ1) is 56.0. The van der Waals surface area contributed by atoms with E-state index in [0.717, 1.165) is 105 Å². The highest BCUT2D eigenvalue weighted by molar-refractivity contribution is 7.26. The van der Waals surface area contributed by atoms with E-state index in [1.54, 1.807) is 0 Å². The van der Waals surface area contributed by atoms with Gasteiger partial charge >= 0.3 is 0 Å². The van der Waals surface area contributed by atoms with Gasteiger partial charge < -0.3 is 4.42 Å². The van der Waals surface area contributed by atoms with Crippen LogP contribution in [-0.4, -0.2) is 47.1 Å². The summed E-state index contributed by atoms with van der Waals surface area (Å²) < 4.78 is 13.6. The maximum atomic E-state index is 6.59. The first kappa shape index (κ1) is 66.6. The molecule has 113 heavy (non-hydrogen) atoms. The predicted octanol–water partition coefficient (Wildman–Crippen LogP) is 23.3. The minimum absolute atomic E-state index is 0.543. The van der Waals surface area contributed by atoms with Crippen molar-refractivity contribution in [2.24, 2.45) is 0 Å². The number of thiophene rings is 1. The van der Waals surface area contributed by atoms with Crippen LogP contribution < -0.4 is 20.7 Å². The zero-order chi connectivity index (χ0) is 74.8. The van der Waals surface area contributed by atoms with Crippen LogP contribution in [0.15, 0.2) is 405 Å². The molecule has 11 heteroatoms. The quantitative estimate of drug-likeness (QED) is 0.0837. The normalized spacial score (nSPS) is 11.7. The van der Waals surface area contributed by atoms with Crippen LogP contribution in [0.2, 0.25) is 0 Å². The minimum Gasteiger partial charge on any atom is -0.456 e. The van der Waals surface area contributed by atoms with Crippen LogP contribution in [0.5, 0.6) is 0 Å². The zero-order valence-corrected chi connectivity index (χ0v) is 62.8. The van der Waals surface area contributed by atoms with E-state index >= 15 is 0 Å². The van der Waals surface area contributed by atoms with Gasteiger partial charge in [0.05, 0.1) is 22.1 Å². The lowest BCUT2D eigenvalue weighted by molar-refractivity contribution is 0.669. The van der Waals surface area contributed by atoms with Crippen molar-refractivity contribution in [3.63, 3.8) is 0 Å². The van der Waals surface area contributed by atoms with Crippen LogP contribution in [0.4, 0.5) is 0 Å². The molecule has 0 saturated carbocycles. The maximum absolute atomic E-state index is 6.59. The molecule has 9 nitrogen and oxygen atoms in total. The molecule has 0 saturated heterocycles. The lowest BCUT2D eigenvalue weighted by Gasteiger charge is -2.34. The van der Waals surface area contributed by atoms with Gasteiger partial charge in [-0.05, 0) is 121 Å². The molecule has 0 unspecified atom stereocenters. The summed E-state index contributed by atoms with van der Waals surface area (Å²) in [6.07, 6.45) is 0. The Morgan fingerprint density at radius 3 is 1.08 bits per heavy atom. The van der Waals surface area contributed by atoms with E-state index in [0.29, 0.717) is 35.2 Å². The molecule has 0 fully saturated rings. The molecular weight excluding hydrogens is 1410 g/mol. The van der Waals surface area contributed by atoms with Crippen molar-refractivity contribution in [2.45, 2.75) is 0 Å². The van der Waals surface area contributed by atoms with Gasteiger partial charge in [0, 0.05) is 74.7 Å². The van der Waals surface area contributed by atoms with Gasteiger partial charge in [0.2, 0.25) is 11.9 Å². The average molecular weight is 1480 g/mol. The summed E-state index contributed by atoms with van der Waals surface area (Å²) in [4.78, 5) is 31.4. The van der Waals surface area contributed by atoms with Crippen molar-refractivity contribution in [1.29, 1.82) is 0 Å². The fraction of sp³-hybridized carbons (Fsp3) is 0. The van der Waals surface area contributed by atoms with Crippen molar-refractivity contribution < 1.29 is 4.42 Å². The molecule has 0 amide bonds. The highest BCUT2D eigenvalue weighted by Crippen LogP contribution is 2.44. The van der Waals surface area contributed by atoms with Crippen molar-refractivity contribution in [3.8, 4) is 90.8 Å². The molecule has 0 N–H and O–H groups in total. The molecule has 0 aliphatic rings. The summed E-state index contributed by atoms with van der Waals surface area (Å²) in [7, 11) is -2.87. The molecule has 530 valence electrons. The number of hydrogen-bond acceptors (Lipinski definition) is 8. The van der Waals surface area contributed by atoms with Crippen molar-refractivity contribution in [3.05, 3.63) is 400 Å². The molecule has 6 aromatic heterocycles. The summed E-state index contributed by atoms with van der Waals surface area (Å²) >= 11 is 1.84. The third-order valence-electron chi connectivity index (χ3n) is 21.9. The van der Waals surface area contributed by atoms with Gasteiger partial charge in [-0.3, -0.25) is 9.13 Å². The van der Waals surface area contributed by atoms with Gasteiger partial charge in [-0.1, -0.05) is 334 Å². The van der Waals surface area contributed by atoms with E-state index in [9.17, 15) is 0 Å². The molecule has 0 aliphatic carbocycles. The van der Waals surface area contributed by atoms with Crippen LogP contribution in [0, 0.1) is 0 Å². The fourth-order valence-electron chi connectivity index (χ4n) is 16.6. The van der Waals surface area contributed by atoms with Gasteiger partial charge in [-0.2, -0.15) is 19.9 Å². The number of rotatable bonds is 13. The number of hydrogen-bond donors (Lipinski definition) is 0. The van der Waals surface area contributed by atoms with E-state index in [-0.39, 0.29) is 0 Å². The van der Waals surface area contributed by atoms with Gasteiger partial charge in [0.15, 0.2) is 31.4 Å². The number of nitrogens with zero attached hydrogens (tertiary/aromatic N) is 8. The summed E-state index contributed by atoms with van der Waals surface area (Å²) in [6.45, 7) is 0. The number of aromatic nitrogens is 8. The van der Waals surface area contributed by atoms with E-state index in [2.05, 4.69) is 349 Å². The molecular formula is C102H66N8OSSi. The highest BCUT2D eigenvalue weighted by atomic mass is 32.1. The van der Waals surface area contributed by atoms with Crippen LogP contribution in [0.25, 0.3) is 177 Å². The fourth-order valence-corrected chi connectivity index (χ4v) is 22.5. The topological polar surface area (TPSA) is 100 Å². The largest absolute Gasteiger partial charge is 0.456 e. The second-order valence-electron chi connectivity index (χ2n) is 28.5. The summed E-state index contributed by atoms with van der Waals surface area (Å²) in [5.74, 6) is 3.60. The Labute approximate surface area is 656 Å². The summed E-state index contributed by atoms with van der Waals surface area (Å²) in [5, 5.41) is 14.3. The predicted molar refractivity (Wildman–Crippen MR) is 470 cm³/mol. The number of fused-ring (bicyclic) bond motifs is 12. The molecule has 0 radical (unpaired) electrons. The standard InChI is InChI=1S/C57H38N4OSi.C45H28N4S/c1-6-19-39(20-7-1)41-23-18-24-42(35-41)56-58-55(40-21-8-2-9-22-40)59-57(60-56)61-51-34-33-46(36-48(51)49-38-54-50(37-52(49)61)47-31-16-17-32-53(47)62-54)63(43-25-10-3-11-26-43,44-27-12-4-13-28-44)45-29-14-5-15-30-45;1-4-13-29(14-5-1)32-19-12-20-34(25-32)44-46-43(31-17-8-3-9-18-31)47-45(48-44)49-39-24-23-33(30-15-6-2-7-16-30)26-36(39)37-28-42-38(27-40(37)49)35-21-10-11-22-41(35)50-42/h1-38H;1-28H. The Kier molecular flexibility index (Phi) is 16.6. The van der Waals surface area contributed by atoms with Crippen molar-refractivity contribution >= 4 is 126 Å². The number of benzene rings is 16. The Hall–Kier alpha value is -14.6. The third kappa shape index (κ3) is 11.9. The first-order valence-corrected chi connectivity index (χ1v) is 40.8. The zero-order valence-electron chi connectivity index (χ0n) is 61.0. The second-order valence-corrected chi connectivity index (χ2v) is 33.4. The van der Waals surface area contributed by atoms with E-state index < -0.39 is 8.07 Å². The maximum Gasteiger partial charge on any atom is 0.238 e. The van der Waals surface area contributed by atoms with Gasteiger partial charge in [0.1, 0.15) is 11.2 Å². The molecule has 6 heterocycles. The Balaban J connectivity index is 0.000000146. The van der Waals surface area contributed by atoms with E-state index in [1.165, 1.54) is 57.4 Å².